The third kappa shape index (κ3) is 6.56. The normalized spacial score (nSPS) is 17.0. The van der Waals surface area contributed by atoms with E-state index in [-0.39, 0.29) is 28.9 Å². The van der Waals surface area contributed by atoms with Gasteiger partial charge >= 0.3 is 6.18 Å². The summed E-state index contributed by atoms with van der Waals surface area (Å²) in [5.41, 5.74) is 3.29. The Balaban J connectivity index is 1.27. The van der Waals surface area contributed by atoms with Gasteiger partial charge in [-0.1, -0.05) is 24.3 Å². The molecule has 2 aliphatic rings. The van der Waals surface area contributed by atoms with Crippen LogP contribution in [0, 0.1) is 17.1 Å². The van der Waals surface area contributed by atoms with E-state index in [4.69, 9.17) is 5.41 Å². The van der Waals surface area contributed by atoms with Crippen molar-refractivity contribution in [2.24, 2.45) is 5.92 Å². The van der Waals surface area contributed by atoms with Gasteiger partial charge in [0, 0.05) is 48.5 Å². The second kappa shape index (κ2) is 11.0. The number of nitrogens with zero attached hydrogens (tertiary/aromatic N) is 1. The van der Waals surface area contributed by atoms with E-state index in [1.807, 2.05) is 17.4 Å². The predicted octanol–water partition coefficient (Wildman–Crippen LogP) is 4.62. The van der Waals surface area contributed by atoms with Crippen molar-refractivity contribution in [2.45, 2.75) is 13.1 Å². The van der Waals surface area contributed by atoms with Gasteiger partial charge in [-0.2, -0.15) is 13.2 Å². The topological polar surface area (TPSA) is 85.3 Å². The summed E-state index contributed by atoms with van der Waals surface area (Å²) in [4.78, 5) is 26.7. The molecule has 0 unspecified atom stereocenters. The zero-order valence-corrected chi connectivity index (χ0v) is 20.5. The number of benzene rings is 2. The highest BCUT2D eigenvalue weighted by Crippen LogP contribution is 2.24. The number of allylic oxidation sites excluding steroid dienone is 3. The molecule has 0 atom stereocenters. The number of halogens is 4. The highest BCUT2D eigenvalue weighted by atomic mass is 19.4. The van der Waals surface area contributed by atoms with Gasteiger partial charge in [0.2, 0.25) is 0 Å². The molecule has 1 aliphatic heterocycles. The van der Waals surface area contributed by atoms with Crippen LogP contribution in [0.2, 0.25) is 0 Å². The number of amides is 2. The lowest BCUT2D eigenvalue weighted by Crippen LogP contribution is -2.52. The molecule has 4 rings (SSSR count). The first-order valence-electron chi connectivity index (χ1n) is 11.9. The zero-order valence-electron chi connectivity index (χ0n) is 20.5. The maximum atomic E-state index is 13.1. The minimum atomic E-state index is -4.51. The van der Waals surface area contributed by atoms with Crippen molar-refractivity contribution in [3.8, 4) is 11.1 Å². The maximum absolute atomic E-state index is 13.1. The Morgan fingerprint density at radius 1 is 1.03 bits per heavy atom. The van der Waals surface area contributed by atoms with Crippen molar-refractivity contribution in [1.82, 2.24) is 15.5 Å². The van der Waals surface area contributed by atoms with Gasteiger partial charge in [-0.05, 0) is 60.0 Å². The number of likely N-dealkylation sites (tertiary alicyclic amines) is 1. The summed E-state index contributed by atoms with van der Waals surface area (Å²) in [6.07, 6.45) is -0.133. The molecule has 2 amide bonds. The molecule has 0 aromatic heterocycles. The quantitative estimate of drug-likeness (QED) is 0.461. The smallest absolute Gasteiger partial charge is 0.390 e. The molecule has 0 radical (unpaired) electrons. The molecule has 2 aromatic carbocycles. The summed E-state index contributed by atoms with van der Waals surface area (Å²) in [6.45, 7) is 1.75. The Labute approximate surface area is 217 Å². The van der Waals surface area contributed by atoms with Gasteiger partial charge in [-0.15, -0.1) is 0 Å². The van der Waals surface area contributed by atoms with Gasteiger partial charge in [0.05, 0.1) is 5.71 Å². The van der Waals surface area contributed by atoms with Crippen LogP contribution in [0.5, 0.6) is 0 Å². The van der Waals surface area contributed by atoms with Gasteiger partial charge in [0.1, 0.15) is 12.4 Å². The van der Waals surface area contributed by atoms with Crippen molar-refractivity contribution in [3.63, 3.8) is 0 Å². The molecule has 0 spiro atoms. The monoisotopic (exact) mass is 526 g/mol. The molecule has 10 heteroatoms. The molecule has 1 saturated heterocycles. The number of carbonyl (C=O) groups is 2. The Morgan fingerprint density at radius 3 is 2.24 bits per heavy atom. The van der Waals surface area contributed by atoms with E-state index in [1.165, 1.54) is 24.3 Å². The summed E-state index contributed by atoms with van der Waals surface area (Å²) < 4.78 is 50.4. The van der Waals surface area contributed by atoms with Crippen LogP contribution in [0.15, 0.2) is 83.6 Å². The Bertz CT molecular complexity index is 1320. The molecule has 3 N–H and O–H groups in total. The highest BCUT2D eigenvalue weighted by Gasteiger charge is 2.31. The SMILES string of the molecule is CC1=CC(=N)/C(=C\NCC2CN(C(=O)c3ccc(-c4ccc(F)cc4)cc3)C2)C=C1C(=O)NCC(F)(F)F. The molecule has 1 aliphatic carbocycles. The zero-order chi connectivity index (χ0) is 27.4. The van der Waals surface area contributed by atoms with Crippen molar-refractivity contribution < 1.29 is 27.2 Å². The maximum Gasteiger partial charge on any atom is 0.405 e. The molecule has 2 aromatic rings. The Hall–Kier alpha value is -4.21. The second-order valence-corrected chi connectivity index (χ2v) is 9.27. The van der Waals surface area contributed by atoms with E-state index in [0.717, 1.165) is 11.1 Å². The molecular weight excluding hydrogens is 500 g/mol. The molecule has 198 valence electrons. The molecule has 1 heterocycles. The van der Waals surface area contributed by atoms with Gasteiger partial charge < -0.3 is 20.9 Å². The van der Waals surface area contributed by atoms with Crippen molar-refractivity contribution in [3.05, 3.63) is 95.0 Å². The largest absolute Gasteiger partial charge is 0.405 e. The number of carbonyl (C=O) groups excluding carboxylic acids is 2. The lowest BCUT2D eigenvalue weighted by atomic mass is 9.93. The van der Waals surface area contributed by atoms with Crippen LogP contribution in [0.25, 0.3) is 11.1 Å². The summed E-state index contributed by atoms with van der Waals surface area (Å²) in [6, 6.07) is 13.3. The Morgan fingerprint density at radius 2 is 1.63 bits per heavy atom. The fraction of sp³-hybridized carbons (Fsp3) is 0.250. The van der Waals surface area contributed by atoms with Gasteiger partial charge in [0.15, 0.2) is 0 Å². The lowest BCUT2D eigenvalue weighted by molar-refractivity contribution is -0.136. The first kappa shape index (κ1) is 26.8. The average Bonchev–Trinajstić information content (AvgIpc) is 2.85. The Kier molecular flexibility index (Phi) is 7.80. The molecule has 38 heavy (non-hydrogen) atoms. The fourth-order valence-corrected chi connectivity index (χ4v) is 4.19. The van der Waals surface area contributed by atoms with Crippen LogP contribution in [0.3, 0.4) is 0 Å². The molecule has 6 nitrogen and oxygen atoms in total. The van der Waals surface area contributed by atoms with Crippen LogP contribution in [-0.4, -0.2) is 54.8 Å². The number of hydrogen-bond donors (Lipinski definition) is 3. The highest BCUT2D eigenvalue weighted by molar-refractivity contribution is 6.14. The first-order valence-corrected chi connectivity index (χ1v) is 11.9. The van der Waals surface area contributed by atoms with E-state index < -0.39 is 18.6 Å². The standard InChI is InChI=1S/C28H26F4N4O2/c1-17-10-25(33)22(11-24(17)26(37)35-16-28(30,31)32)13-34-12-18-14-36(15-18)27(38)21-4-2-19(3-5-21)20-6-8-23(29)9-7-20/h2-11,13,18,33-34H,12,14-16H2,1H3,(H,35,37)/b22-13-,33-25?. The van der Waals surface area contributed by atoms with Crippen LogP contribution in [-0.2, 0) is 4.79 Å². The number of hydrogen-bond acceptors (Lipinski definition) is 4. The van der Waals surface area contributed by atoms with Crippen LogP contribution >= 0.6 is 0 Å². The number of rotatable bonds is 7. The van der Waals surface area contributed by atoms with E-state index in [1.54, 1.807) is 42.3 Å². The van der Waals surface area contributed by atoms with Crippen molar-refractivity contribution >= 4 is 17.5 Å². The van der Waals surface area contributed by atoms with Crippen LogP contribution in [0.1, 0.15) is 17.3 Å². The fourth-order valence-electron chi connectivity index (χ4n) is 4.19. The molecule has 1 fully saturated rings. The van der Waals surface area contributed by atoms with Gasteiger partial charge in [0.25, 0.3) is 11.8 Å². The van der Waals surface area contributed by atoms with E-state index in [9.17, 15) is 27.2 Å². The summed E-state index contributed by atoms with van der Waals surface area (Å²) in [5, 5.41) is 13.0. The van der Waals surface area contributed by atoms with E-state index >= 15 is 0 Å². The molecular formula is C28H26F4N4O2. The number of nitrogens with one attached hydrogen (secondary N) is 3. The summed E-state index contributed by atoms with van der Waals surface area (Å²) >= 11 is 0. The number of alkyl halides is 3. The van der Waals surface area contributed by atoms with E-state index in [0.29, 0.717) is 36.3 Å². The van der Waals surface area contributed by atoms with Gasteiger partial charge in [-0.25, -0.2) is 4.39 Å². The van der Waals surface area contributed by atoms with Gasteiger partial charge in [-0.3, -0.25) is 9.59 Å². The molecule has 0 saturated carbocycles. The molecule has 0 bridgehead atoms. The average molecular weight is 527 g/mol. The minimum Gasteiger partial charge on any atom is -0.390 e. The third-order valence-electron chi connectivity index (χ3n) is 6.31. The lowest BCUT2D eigenvalue weighted by Gasteiger charge is -2.39. The predicted molar refractivity (Wildman–Crippen MR) is 136 cm³/mol. The van der Waals surface area contributed by atoms with Crippen molar-refractivity contribution in [2.75, 3.05) is 26.2 Å². The van der Waals surface area contributed by atoms with Crippen molar-refractivity contribution in [1.29, 1.82) is 5.41 Å². The third-order valence-corrected chi connectivity index (χ3v) is 6.31. The van der Waals surface area contributed by atoms with Crippen LogP contribution in [0.4, 0.5) is 17.6 Å². The minimum absolute atomic E-state index is 0.0733. The van der Waals surface area contributed by atoms with Crippen LogP contribution < -0.4 is 10.6 Å². The summed E-state index contributed by atoms with van der Waals surface area (Å²) in [7, 11) is 0. The second-order valence-electron chi connectivity index (χ2n) is 9.27. The van der Waals surface area contributed by atoms with E-state index in [2.05, 4.69) is 5.32 Å². The first-order chi connectivity index (χ1) is 18.0. The summed E-state index contributed by atoms with van der Waals surface area (Å²) in [5.74, 6) is -1.07.